The number of halogens is 4. The largest absolute Gasteiger partial charge is 0.495 e. The molecule has 0 atom stereocenters. The van der Waals surface area contributed by atoms with E-state index in [1.165, 1.54) is 6.07 Å². The third kappa shape index (κ3) is 2.97. The molecule has 1 aromatic carbocycles. The predicted molar refractivity (Wildman–Crippen MR) is 85.9 cm³/mol. The Bertz CT molecular complexity index is 635. The van der Waals surface area contributed by atoms with Crippen LogP contribution in [0.25, 0.3) is 0 Å². The van der Waals surface area contributed by atoms with Crippen LogP contribution >= 0.6 is 0 Å². The molecular formula is C17H23BF4O2. The van der Waals surface area contributed by atoms with Gasteiger partial charge < -0.3 is 9.31 Å². The summed E-state index contributed by atoms with van der Waals surface area (Å²) in [6, 6.07) is 2.34. The van der Waals surface area contributed by atoms with Gasteiger partial charge in [-0.25, -0.2) is 4.39 Å². The Labute approximate surface area is 140 Å². The monoisotopic (exact) mass is 346 g/mol. The maximum absolute atomic E-state index is 14.5. The fourth-order valence-corrected chi connectivity index (χ4v) is 2.55. The second kappa shape index (κ2) is 5.46. The molecule has 2 rings (SSSR count). The first-order valence-corrected chi connectivity index (χ1v) is 7.83. The number of rotatable bonds is 2. The van der Waals surface area contributed by atoms with E-state index in [0.717, 1.165) is 19.9 Å². The lowest BCUT2D eigenvalue weighted by molar-refractivity contribution is -0.180. The summed E-state index contributed by atoms with van der Waals surface area (Å²) in [4.78, 5) is 0. The van der Waals surface area contributed by atoms with Gasteiger partial charge in [0.25, 0.3) is 0 Å². The fourth-order valence-electron chi connectivity index (χ4n) is 2.55. The highest BCUT2D eigenvalue weighted by Crippen LogP contribution is 2.42. The van der Waals surface area contributed by atoms with Crippen LogP contribution in [0.5, 0.6) is 0 Å². The van der Waals surface area contributed by atoms with Gasteiger partial charge in [0.2, 0.25) is 0 Å². The van der Waals surface area contributed by atoms with Crippen LogP contribution in [0.2, 0.25) is 0 Å². The number of benzene rings is 1. The van der Waals surface area contributed by atoms with Crippen molar-refractivity contribution in [2.24, 2.45) is 0 Å². The molecule has 1 saturated heterocycles. The van der Waals surface area contributed by atoms with Crippen molar-refractivity contribution >= 4 is 12.6 Å². The number of hydrogen-bond donors (Lipinski definition) is 0. The minimum atomic E-state index is -4.55. The standard InChI is InChI=1S/C17H23BF4O2/c1-10-8-11(14(2,3)17(20,21)22)13(19)9-12(10)18-23-15(4,5)16(6,7)24-18/h8-9H,1-7H3. The summed E-state index contributed by atoms with van der Waals surface area (Å²) in [7, 11) is -0.812. The summed E-state index contributed by atoms with van der Waals surface area (Å²) >= 11 is 0. The van der Waals surface area contributed by atoms with E-state index >= 15 is 0 Å². The van der Waals surface area contributed by atoms with Crippen LogP contribution in [-0.2, 0) is 14.7 Å². The third-order valence-electron chi connectivity index (χ3n) is 5.24. The molecule has 0 amide bonds. The van der Waals surface area contributed by atoms with Gasteiger partial charge in [0, 0.05) is 5.56 Å². The molecule has 1 aliphatic heterocycles. The molecule has 0 radical (unpaired) electrons. The van der Waals surface area contributed by atoms with Gasteiger partial charge in [0.05, 0.1) is 16.6 Å². The van der Waals surface area contributed by atoms with Crippen molar-refractivity contribution in [3.05, 3.63) is 29.1 Å². The van der Waals surface area contributed by atoms with Crippen molar-refractivity contribution in [1.82, 2.24) is 0 Å². The minimum absolute atomic E-state index is 0.382. The molecule has 7 heteroatoms. The molecule has 1 heterocycles. The second-order valence-corrected chi connectivity index (χ2v) is 7.90. The zero-order valence-corrected chi connectivity index (χ0v) is 15.1. The van der Waals surface area contributed by atoms with Crippen molar-refractivity contribution in [2.75, 3.05) is 0 Å². The Balaban J connectivity index is 2.46. The quantitative estimate of drug-likeness (QED) is 0.588. The van der Waals surface area contributed by atoms with E-state index in [2.05, 4.69) is 0 Å². The van der Waals surface area contributed by atoms with Gasteiger partial charge >= 0.3 is 13.3 Å². The van der Waals surface area contributed by atoms with E-state index in [-0.39, 0.29) is 5.56 Å². The third-order valence-corrected chi connectivity index (χ3v) is 5.24. The molecule has 1 aliphatic rings. The van der Waals surface area contributed by atoms with Crippen LogP contribution < -0.4 is 5.46 Å². The van der Waals surface area contributed by atoms with E-state index in [0.29, 0.717) is 11.0 Å². The van der Waals surface area contributed by atoms with Crippen molar-refractivity contribution < 1.29 is 26.9 Å². The van der Waals surface area contributed by atoms with Crippen molar-refractivity contribution in [1.29, 1.82) is 0 Å². The number of alkyl halides is 3. The van der Waals surface area contributed by atoms with Crippen molar-refractivity contribution in [3.8, 4) is 0 Å². The van der Waals surface area contributed by atoms with Crippen LogP contribution in [0, 0.1) is 12.7 Å². The molecule has 2 nitrogen and oxygen atoms in total. The number of hydrogen-bond acceptors (Lipinski definition) is 2. The Morgan fingerprint density at radius 3 is 1.83 bits per heavy atom. The first-order chi connectivity index (χ1) is 10.6. The van der Waals surface area contributed by atoms with Gasteiger partial charge in [-0.05, 0) is 60.0 Å². The second-order valence-electron chi connectivity index (χ2n) is 7.90. The average Bonchev–Trinajstić information content (AvgIpc) is 2.59. The van der Waals surface area contributed by atoms with Crippen molar-refractivity contribution in [2.45, 2.75) is 71.3 Å². The molecule has 24 heavy (non-hydrogen) atoms. The van der Waals surface area contributed by atoms with Gasteiger partial charge in [-0.3, -0.25) is 0 Å². The summed E-state index contributed by atoms with van der Waals surface area (Å²) in [5, 5.41) is 0. The van der Waals surface area contributed by atoms with Crippen LogP contribution in [0.15, 0.2) is 12.1 Å². The first kappa shape index (κ1) is 19.3. The molecular weight excluding hydrogens is 323 g/mol. The van der Waals surface area contributed by atoms with Gasteiger partial charge in [-0.2, -0.15) is 13.2 Å². The van der Waals surface area contributed by atoms with E-state index in [9.17, 15) is 17.6 Å². The highest BCUT2D eigenvalue weighted by molar-refractivity contribution is 6.62. The highest BCUT2D eigenvalue weighted by Gasteiger charge is 2.53. The molecule has 0 aromatic heterocycles. The van der Waals surface area contributed by atoms with E-state index in [1.54, 1.807) is 6.92 Å². The zero-order chi connectivity index (χ0) is 18.7. The summed E-state index contributed by atoms with van der Waals surface area (Å²) in [5.41, 5.74) is -2.96. The molecule has 0 saturated carbocycles. The Kier molecular flexibility index (Phi) is 4.38. The van der Waals surface area contributed by atoms with E-state index in [4.69, 9.17) is 9.31 Å². The summed E-state index contributed by atoms with van der Waals surface area (Å²) in [5.74, 6) is -0.910. The maximum Gasteiger partial charge on any atom is 0.495 e. The lowest BCUT2D eigenvalue weighted by atomic mass is 9.73. The molecule has 0 bridgehead atoms. The smallest absolute Gasteiger partial charge is 0.399 e. The Hall–Kier alpha value is -1.08. The van der Waals surface area contributed by atoms with E-state index in [1.807, 2.05) is 27.7 Å². The lowest BCUT2D eigenvalue weighted by Gasteiger charge is -2.32. The zero-order valence-electron chi connectivity index (χ0n) is 15.1. The minimum Gasteiger partial charge on any atom is -0.399 e. The molecule has 134 valence electrons. The Morgan fingerprint density at radius 1 is 0.958 bits per heavy atom. The predicted octanol–water partition coefficient (Wildman–Crippen LogP) is 4.27. The van der Waals surface area contributed by atoms with Crippen LogP contribution in [0.1, 0.15) is 52.7 Å². The van der Waals surface area contributed by atoms with Crippen molar-refractivity contribution in [3.63, 3.8) is 0 Å². The van der Waals surface area contributed by atoms with Crippen LogP contribution in [-0.4, -0.2) is 24.5 Å². The SMILES string of the molecule is Cc1cc(C(C)(C)C(F)(F)F)c(F)cc1B1OC(C)(C)C(C)(C)O1. The van der Waals surface area contributed by atoms with Crippen LogP contribution in [0.3, 0.4) is 0 Å². The van der Waals surface area contributed by atoms with Gasteiger partial charge in [-0.1, -0.05) is 11.6 Å². The average molecular weight is 346 g/mol. The topological polar surface area (TPSA) is 18.5 Å². The Morgan fingerprint density at radius 2 is 1.42 bits per heavy atom. The summed E-state index contributed by atoms with van der Waals surface area (Å²) in [6.45, 7) is 11.0. The molecule has 1 aromatic rings. The van der Waals surface area contributed by atoms with E-state index < -0.39 is 35.7 Å². The number of aryl methyl sites for hydroxylation is 1. The normalized spacial score (nSPS) is 20.5. The lowest BCUT2D eigenvalue weighted by Crippen LogP contribution is -2.41. The molecule has 0 unspecified atom stereocenters. The first-order valence-electron chi connectivity index (χ1n) is 7.83. The summed E-state index contributed by atoms with van der Waals surface area (Å²) in [6.07, 6.45) is -4.55. The van der Waals surface area contributed by atoms with Gasteiger partial charge in [-0.15, -0.1) is 0 Å². The molecule has 1 fully saturated rings. The summed E-state index contributed by atoms with van der Waals surface area (Å²) < 4.78 is 65.9. The van der Waals surface area contributed by atoms with Crippen LogP contribution in [0.4, 0.5) is 17.6 Å². The fraction of sp³-hybridized carbons (Fsp3) is 0.647. The van der Waals surface area contributed by atoms with Gasteiger partial charge in [0.1, 0.15) is 5.82 Å². The van der Waals surface area contributed by atoms with Gasteiger partial charge in [0.15, 0.2) is 0 Å². The maximum atomic E-state index is 14.5. The molecule has 0 aliphatic carbocycles. The molecule has 0 spiro atoms. The molecule has 0 N–H and O–H groups in total. The highest BCUT2D eigenvalue weighted by atomic mass is 19.4.